The van der Waals surface area contributed by atoms with Gasteiger partial charge in [0.1, 0.15) is 5.69 Å². The molecule has 1 aliphatic carbocycles. The molecule has 0 unspecified atom stereocenters. The highest BCUT2D eigenvalue weighted by Gasteiger charge is 2.69. The minimum atomic E-state index is -1.60. The number of methoxy groups -OCH3 is 3. The number of aromatic hydroxyl groups is 1. The third-order valence-corrected chi connectivity index (χ3v) is 14.8. The van der Waals surface area contributed by atoms with Gasteiger partial charge in [-0.2, -0.15) is 0 Å². The second kappa shape index (κ2) is 15.5. The lowest BCUT2D eigenvalue weighted by Crippen LogP contribution is -2.53. The first-order valence-corrected chi connectivity index (χ1v) is 21.4. The van der Waals surface area contributed by atoms with Gasteiger partial charge in [-0.25, -0.2) is 33.4 Å². The van der Waals surface area contributed by atoms with E-state index in [4.69, 9.17) is 25.8 Å². The van der Waals surface area contributed by atoms with Crippen LogP contribution >= 0.6 is 43.5 Å². The van der Waals surface area contributed by atoms with Gasteiger partial charge in [-0.1, -0.05) is 54.1 Å². The lowest BCUT2D eigenvalue weighted by atomic mass is 9.53. The van der Waals surface area contributed by atoms with Crippen LogP contribution in [0.15, 0.2) is 108 Å². The Balaban J connectivity index is 1.22. The summed E-state index contributed by atoms with van der Waals surface area (Å²) in [6.45, 7) is -0.229. The van der Waals surface area contributed by atoms with E-state index in [-0.39, 0.29) is 53.3 Å². The van der Waals surface area contributed by atoms with Crippen molar-refractivity contribution in [1.29, 1.82) is 0 Å². The van der Waals surface area contributed by atoms with Crippen molar-refractivity contribution < 1.29 is 28.9 Å². The summed E-state index contributed by atoms with van der Waals surface area (Å²) in [5.74, 6) is -2.31. The molecule has 4 atom stereocenters. The molecule has 1 saturated carbocycles. The number of carbonyl (C=O) groups excluding carboxylic acids is 2. The third-order valence-electron chi connectivity index (χ3n) is 12.4. The number of phenolic OH excluding ortho intramolecular Hbond substituents is 1. The summed E-state index contributed by atoms with van der Waals surface area (Å²) >= 11 is 13.7. The molecular weight excluding hydrogens is 952 g/mol. The SMILES string of the molecule is COc1cc2nc(CCn3c(=O)n4n(c3=O)[C@@H]3C[C@H]5C(=O)N(c6cccc(Cl)c6)C(=O)[C@@]5(c5ccccc5)[C@@H](c5cc(OC)c(O)c(Br)c5Br)C3=CC4)c(=O)n(C)c2cc1OC. The molecule has 2 amide bonds. The minimum Gasteiger partial charge on any atom is -0.503 e. The third kappa shape index (κ3) is 5.95. The number of hydrogen-bond acceptors (Lipinski definition) is 10. The van der Waals surface area contributed by atoms with Gasteiger partial charge in [0.25, 0.3) is 5.56 Å². The van der Waals surface area contributed by atoms with Crippen LogP contribution in [0.25, 0.3) is 11.0 Å². The highest BCUT2D eigenvalue weighted by atomic mass is 79.9. The Kier molecular flexibility index (Phi) is 10.3. The van der Waals surface area contributed by atoms with Crippen molar-refractivity contribution in [3.05, 3.63) is 147 Å². The van der Waals surface area contributed by atoms with Gasteiger partial charge in [0.15, 0.2) is 23.0 Å². The Hall–Kier alpha value is -5.91. The zero-order valence-corrected chi connectivity index (χ0v) is 37.5. The van der Waals surface area contributed by atoms with Gasteiger partial charge in [0.2, 0.25) is 11.8 Å². The molecule has 4 heterocycles. The average Bonchev–Trinajstić information content (AvgIpc) is 3.66. The van der Waals surface area contributed by atoms with Crippen LogP contribution in [0.2, 0.25) is 5.02 Å². The van der Waals surface area contributed by atoms with Crippen molar-refractivity contribution in [2.75, 3.05) is 26.2 Å². The number of fused-ring (bicyclic) bond motifs is 5. The van der Waals surface area contributed by atoms with Crippen LogP contribution in [0.3, 0.4) is 0 Å². The first kappa shape index (κ1) is 41.4. The Morgan fingerprint density at radius 2 is 1.58 bits per heavy atom. The van der Waals surface area contributed by atoms with Crippen LogP contribution in [0.4, 0.5) is 5.69 Å². The highest BCUT2D eigenvalue weighted by molar-refractivity contribution is 9.13. The fourth-order valence-electron chi connectivity index (χ4n) is 9.66. The maximum absolute atomic E-state index is 15.6. The topological polar surface area (TPSA) is 169 Å². The fourth-order valence-corrected chi connectivity index (χ4v) is 10.8. The lowest BCUT2D eigenvalue weighted by Gasteiger charge is -2.49. The molecule has 62 heavy (non-hydrogen) atoms. The molecular formula is C44H37Br2ClN6O9. The normalized spacial score (nSPS) is 20.5. The zero-order chi connectivity index (χ0) is 43.9. The number of anilines is 1. The summed E-state index contributed by atoms with van der Waals surface area (Å²) in [7, 11) is 5.99. The van der Waals surface area contributed by atoms with Crippen molar-refractivity contribution >= 4 is 72.0 Å². The standard InChI is InChI=1S/C44H37Br2ClN6O9/c1-49-31-21-33(61-3)32(60-2)20-29(31)48-28(40(49)56)14-15-50-42(58)51-16-13-25-30(53(51)43(50)59)19-27-39(55)52(24-12-8-11-23(47)17-24)41(57)44(27,22-9-6-5-7-10-22)35(25)26-18-34(62-4)38(54)37(46)36(26)45/h5-13,17-18,20-21,27,30,35,54H,14-16,19H2,1-4H3/t27-,30+,35+,44+/m0/s1. The van der Waals surface area contributed by atoms with Crippen molar-refractivity contribution in [3.63, 3.8) is 0 Å². The maximum atomic E-state index is 15.6. The number of phenols is 1. The molecule has 2 aliphatic heterocycles. The van der Waals surface area contributed by atoms with Gasteiger partial charge < -0.3 is 23.9 Å². The quantitative estimate of drug-likeness (QED) is 0.134. The van der Waals surface area contributed by atoms with E-state index < -0.39 is 52.0 Å². The average molecular weight is 989 g/mol. The Morgan fingerprint density at radius 3 is 2.27 bits per heavy atom. The number of rotatable bonds is 9. The summed E-state index contributed by atoms with van der Waals surface area (Å²) in [5, 5.41) is 11.4. The Morgan fingerprint density at radius 1 is 0.871 bits per heavy atom. The first-order chi connectivity index (χ1) is 29.8. The zero-order valence-electron chi connectivity index (χ0n) is 33.6. The molecule has 15 nitrogen and oxygen atoms in total. The number of aromatic nitrogens is 5. The van der Waals surface area contributed by atoms with Crippen LogP contribution in [0.5, 0.6) is 23.0 Å². The molecule has 9 rings (SSSR count). The molecule has 4 aromatic carbocycles. The number of amides is 2. The van der Waals surface area contributed by atoms with Crippen molar-refractivity contribution in [1.82, 2.24) is 23.5 Å². The van der Waals surface area contributed by atoms with Crippen LogP contribution in [-0.2, 0) is 41.6 Å². The maximum Gasteiger partial charge on any atom is 0.347 e. The first-order valence-electron chi connectivity index (χ1n) is 19.5. The van der Waals surface area contributed by atoms with E-state index in [9.17, 15) is 19.5 Å². The fraction of sp³-hybridized carbons (Fsp3) is 0.273. The Bertz CT molecular complexity index is 3110. The molecule has 1 saturated heterocycles. The smallest absolute Gasteiger partial charge is 0.347 e. The largest absolute Gasteiger partial charge is 0.503 e. The number of aryl methyl sites for hydroxylation is 2. The van der Waals surface area contributed by atoms with E-state index in [0.717, 1.165) is 4.57 Å². The number of hydrogen-bond donors (Lipinski definition) is 1. The highest BCUT2D eigenvalue weighted by Crippen LogP contribution is 2.64. The van der Waals surface area contributed by atoms with E-state index in [1.807, 2.05) is 24.3 Å². The number of halogens is 3. The predicted octanol–water partition coefficient (Wildman–Crippen LogP) is 6.01. The van der Waals surface area contributed by atoms with Crippen LogP contribution < -0.4 is 36.0 Å². The van der Waals surface area contributed by atoms with E-state index in [0.29, 0.717) is 48.7 Å². The van der Waals surface area contributed by atoms with Crippen LogP contribution in [-0.4, -0.2) is 61.7 Å². The molecule has 3 aliphatic rings. The molecule has 318 valence electrons. The number of ether oxygens (including phenoxy) is 3. The summed E-state index contributed by atoms with van der Waals surface area (Å²) in [6.07, 6.45) is 1.75. The molecule has 6 aromatic rings. The van der Waals surface area contributed by atoms with E-state index >= 15 is 9.59 Å². The van der Waals surface area contributed by atoms with E-state index in [1.165, 1.54) is 40.2 Å². The lowest BCUT2D eigenvalue weighted by molar-refractivity contribution is -0.124. The number of allylic oxidation sites excluding steroid dienone is 2. The van der Waals surface area contributed by atoms with E-state index in [2.05, 4.69) is 36.8 Å². The van der Waals surface area contributed by atoms with Crippen molar-refractivity contribution in [2.24, 2.45) is 13.0 Å². The van der Waals surface area contributed by atoms with Crippen LogP contribution in [0, 0.1) is 5.92 Å². The monoisotopic (exact) mass is 986 g/mol. The summed E-state index contributed by atoms with van der Waals surface area (Å²) in [5.41, 5.74) is -0.270. The molecule has 2 aromatic heterocycles. The van der Waals surface area contributed by atoms with Gasteiger partial charge in [-0.3, -0.25) is 14.4 Å². The van der Waals surface area contributed by atoms with Gasteiger partial charge in [0, 0.05) is 47.6 Å². The second-order valence-electron chi connectivity index (χ2n) is 15.3. The van der Waals surface area contributed by atoms with Gasteiger partial charge in [0.05, 0.1) is 66.4 Å². The molecule has 0 bridgehead atoms. The summed E-state index contributed by atoms with van der Waals surface area (Å²) in [4.78, 5) is 79.1. The summed E-state index contributed by atoms with van der Waals surface area (Å²) < 4.78 is 22.3. The molecule has 2 fully saturated rings. The second-order valence-corrected chi connectivity index (χ2v) is 17.3. The molecule has 0 radical (unpaired) electrons. The van der Waals surface area contributed by atoms with Gasteiger partial charge >= 0.3 is 11.4 Å². The number of benzene rings is 4. The van der Waals surface area contributed by atoms with Crippen LogP contribution in [0.1, 0.15) is 35.2 Å². The molecule has 0 spiro atoms. The molecule has 18 heteroatoms. The predicted molar refractivity (Wildman–Crippen MR) is 237 cm³/mol. The van der Waals surface area contributed by atoms with Gasteiger partial charge in [-0.05, 0) is 79.2 Å². The van der Waals surface area contributed by atoms with Crippen molar-refractivity contribution in [2.45, 2.75) is 43.3 Å². The Labute approximate surface area is 374 Å². The molecule has 1 N–H and O–H groups in total. The number of nitrogens with zero attached hydrogens (tertiary/aromatic N) is 6. The summed E-state index contributed by atoms with van der Waals surface area (Å²) in [6, 6.07) is 19.6. The van der Waals surface area contributed by atoms with Gasteiger partial charge in [-0.15, -0.1) is 0 Å². The number of imide groups is 1. The minimum absolute atomic E-state index is 0.0334. The van der Waals surface area contributed by atoms with Crippen molar-refractivity contribution in [3.8, 4) is 23.0 Å². The number of carbonyl (C=O) groups is 2. The van der Waals surface area contributed by atoms with E-state index in [1.54, 1.807) is 61.6 Å².